The Morgan fingerprint density at radius 3 is 2.62 bits per heavy atom. The van der Waals surface area contributed by atoms with Crippen LogP contribution in [0.25, 0.3) is 0 Å². The predicted molar refractivity (Wildman–Crippen MR) is 123 cm³/mol. The molecule has 1 amide bonds. The monoisotopic (exact) mass is 482 g/mol. The lowest BCUT2D eigenvalue weighted by molar-refractivity contribution is 0.134. The van der Waals surface area contributed by atoms with Crippen molar-refractivity contribution in [3.05, 3.63) is 41.0 Å². The van der Waals surface area contributed by atoms with Gasteiger partial charge in [0.25, 0.3) is 0 Å². The molecule has 2 aliphatic rings. The van der Waals surface area contributed by atoms with Gasteiger partial charge in [-0.25, -0.2) is 13.2 Å². The van der Waals surface area contributed by atoms with Gasteiger partial charge in [-0.15, -0.1) is 5.10 Å². The topological polar surface area (TPSA) is 111 Å². The molecule has 0 aliphatic carbocycles. The molecule has 10 nitrogen and oxygen atoms in total. The lowest BCUT2D eigenvalue weighted by atomic mass is 10.1. The molecule has 1 aromatic heterocycles. The van der Waals surface area contributed by atoms with Crippen LogP contribution in [0.4, 0.5) is 16.3 Å². The van der Waals surface area contributed by atoms with Crippen molar-refractivity contribution >= 4 is 39.2 Å². The lowest BCUT2D eigenvalue weighted by Gasteiger charge is -2.34. The summed E-state index contributed by atoms with van der Waals surface area (Å²) in [5, 5.41) is 14.5. The van der Waals surface area contributed by atoms with E-state index in [1.807, 2.05) is 12.1 Å². The van der Waals surface area contributed by atoms with E-state index in [9.17, 15) is 18.3 Å². The van der Waals surface area contributed by atoms with Crippen LogP contribution in [0.15, 0.2) is 30.5 Å². The minimum absolute atomic E-state index is 0.114. The molecule has 2 N–H and O–H groups in total. The normalized spacial score (nSPS) is 20.0. The predicted octanol–water partition coefficient (Wildman–Crippen LogP) is 1.26. The zero-order chi connectivity index (χ0) is 22.9. The number of rotatable bonds is 5. The highest BCUT2D eigenvalue weighted by atomic mass is 35.5. The van der Waals surface area contributed by atoms with Crippen molar-refractivity contribution in [2.75, 3.05) is 55.1 Å². The van der Waals surface area contributed by atoms with E-state index in [1.54, 1.807) is 4.90 Å². The molecule has 2 saturated heterocycles. The second-order valence-corrected chi connectivity index (χ2v) is 10.4. The number of anilines is 2. The fourth-order valence-corrected chi connectivity index (χ4v) is 4.76. The number of sulfonamides is 1. The van der Waals surface area contributed by atoms with Crippen LogP contribution < -0.4 is 9.62 Å². The molecule has 2 fully saturated rings. The number of hydrogen-bond acceptors (Lipinski definition) is 7. The van der Waals surface area contributed by atoms with Crippen LogP contribution in [0.2, 0.25) is 5.02 Å². The molecule has 2 aliphatic heterocycles. The van der Waals surface area contributed by atoms with Crippen LogP contribution in [0.5, 0.6) is 0 Å². The number of amides is 1. The van der Waals surface area contributed by atoms with Gasteiger partial charge in [0.2, 0.25) is 10.0 Å². The van der Waals surface area contributed by atoms with Crippen molar-refractivity contribution in [3.8, 4) is 0 Å². The first-order chi connectivity index (χ1) is 15.2. The Kier molecular flexibility index (Phi) is 6.61. The number of hydrogen-bond donors (Lipinski definition) is 2. The summed E-state index contributed by atoms with van der Waals surface area (Å²) in [5.41, 5.74) is 2.08. The van der Waals surface area contributed by atoms with E-state index < -0.39 is 10.0 Å². The van der Waals surface area contributed by atoms with E-state index in [-0.39, 0.29) is 18.0 Å². The number of piperazine rings is 1. The maximum absolute atomic E-state index is 12.7. The van der Waals surface area contributed by atoms with Gasteiger partial charge in [0.15, 0.2) is 5.82 Å². The van der Waals surface area contributed by atoms with Gasteiger partial charge in [-0.3, -0.25) is 9.62 Å². The number of benzene rings is 1. The van der Waals surface area contributed by atoms with Crippen LogP contribution in [0.3, 0.4) is 0 Å². The molecule has 4 rings (SSSR count). The van der Waals surface area contributed by atoms with Crippen molar-refractivity contribution < 1.29 is 18.3 Å². The number of nitrogens with one attached hydrogen (secondary N) is 1. The Balaban J connectivity index is 1.33. The summed E-state index contributed by atoms with van der Waals surface area (Å²) in [4.78, 5) is 18.8. The average molecular weight is 483 g/mol. The number of nitrogens with zero attached hydrogens (tertiary/aromatic N) is 5. The van der Waals surface area contributed by atoms with Gasteiger partial charge >= 0.3 is 6.03 Å². The summed E-state index contributed by atoms with van der Waals surface area (Å²) in [7, 11) is -3.45. The highest BCUT2D eigenvalue weighted by molar-refractivity contribution is 7.92. The standard InChI is InChI=1S/C20H27ClN6O4S/c1-32(30,31)23-19-5-7-27(22-19)20(29)25-10-8-24(9-11-25)13-15-2-3-17(21)18(12-15)26-6-4-16(28)14-26/h2-3,5,7,12,16,28H,4,6,8-11,13-14H2,1H3,(H,22,23). The van der Waals surface area contributed by atoms with Crippen molar-refractivity contribution in [1.29, 1.82) is 0 Å². The second kappa shape index (κ2) is 9.26. The SMILES string of the molecule is CS(=O)(=O)Nc1ccn(C(=O)N2CCN(Cc3ccc(Cl)c(N4CCC(O)C4)c3)CC2)n1. The highest BCUT2D eigenvalue weighted by Gasteiger charge is 2.25. The van der Waals surface area contributed by atoms with Crippen LogP contribution in [-0.4, -0.2) is 90.8 Å². The Hall–Kier alpha value is -2.34. The second-order valence-electron chi connectivity index (χ2n) is 8.24. The maximum atomic E-state index is 12.7. The van der Waals surface area contributed by atoms with E-state index in [0.717, 1.165) is 41.7 Å². The molecule has 174 valence electrons. The molecule has 0 saturated carbocycles. The summed E-state index contributed by atoms with van der Waals surface area (Å²) >= 11 is 6.39. The molecule has 1 aromatic carbocycles. The Morgan fingerprint density at radius 2 is 1.97 bits per heavy atom. The van der Waals surface area contributed by atoms with Crippen LogP contribution in [0.1, 0.15) is 12.0 Å². The third-order valence-corrected chi connectivity index (χ3v) is 6.54. The zero-order valence-electron chi connectivity index (χ0n) is 17.8. The molecule has 1 unspecified atom stereocenters. The number of aliphatic hydroxyl groups excluding tert-OH is 1. The summed E-state index contributed by atoms with van der Waals surface area (Å²) in [6, 6.07) is 7.16. The minimum atomic E-state index is -3.45. The summed E-state index contributed by atoms with van der Waals surface area (Å²) in [5.74, 6) is 0.114. The smallest absolute Gasteiger partial charge is 0.344 e. The first kappa shape index (κ1) is 22.8. The van der Waals surface area contributed by atoms with Gasteiger partial charge in [-0.1, -0.05) is 17.7 Å². The zero-order valence-corrected chi connectivity index (χ0v) is 19.4. The molecular weight excluding hydrogens is 456 g/mol. The van der Waals surface area contributed by atoms with Crippen LogP contribution >= 0.6 is 11.6 Å². The third kappa shape index (κ3) is 5.52. The Morgan fingerprint density at radius 1 is 1.22 bits per heavy atom. The Labute approximate surface area is 192 Å². The lowest BCUT2D eigenvalue weighted by Crippen LogP contribution is -2.49. The quantitative estimate of drug-likeness (QED) is 0.660. The van der Waals surface area contributed by atoms with Gasteiger partial charge in [-0.2, -0.15) is 4.68 Å². The number of aliphatic hydroxyl groups is 1. The molecule has 2 aromatic rings. The number of halogens is 1. The summed E-state index contributed by atoms with van der Waals surface area (Å²) in [6.45, 7) is 4.65. The summed E-state index contributed by atoms with van der Waals surface area (Å²) in [6.07, 6.45) is 2.92. The van der Waals surface area contributed by atoms with Crippen LogP contribution in [0, 0.1) is 0 Å². The molecule has 1 atom stereocenters. The van der Waals surface area contributed by atoms with E-state index in [0.29, 0.717) is 37.7 Å². The van der Waals surface area contributed by atoms with Gasteiger partial charge < -0.3 is 14.9 Å². The average Bonchev–Trinajstić information content (AvgIpc) is 3.37. The van der Waals surface area contributed by atoms with E-state index in [2.05, 4.69) is 25.7 Å². The fraction of sp³-hybridized carbons (Fsp3) is 0.500. The number of aromatic nitrogens is 2. The third-order valence-electron chi connectivity index (χ3n) is 5.64. The number of β-amino-alcohol motifs (C(OH)–C–C–N with tert-alkyl or cyclic N) is 1. The fourth-order valence-electron chi connectivity index (χ4n) is 4.03. The van der Waals surface area contributed by atoms with Gasteiger partial charge in [0.1, 0.15) is 0 Å². The molecule has 12 heteroatoms. The first-order valence-electron chi connectivity index (χ1n) is 10.4. The largest absolute Gasteiger partial charge is 0.391 e. The van der Waals surface area contributed by atoms with E-state index >= 15 is 0 Å². The molecule has 0 spiro atoms. The molecular formula is C20H27ClN6O4S. The number of carbonyl (C=O) groups excluding carboxylic acids is 1. The summed E-state index contributed by atoms with van der Waals surface area (Å²) < 4.78 is 26.0. The van der Waals surface area contributed by atoms with Crippen molar-refractivity contribution in [2.45, 2.75) is 19.1 Å². The first-order valence-corrected chi connectivity index (χ1v) is 12.7. The molecule has 3 heterocycles. The maximum Gasteiger partial charge on any atom is 0.344 e. The molecule has 0 radical (unpaired) electrons. The van der Waals surface area contributed by atoms with Crippen LogP contribution in [-0.2, 0) is 16.6 Å². The van der Waals surface area contributed by atoms with E-state index in [4.69, 9.17) is 11.6 Å². The van der Waals surface area contributed by atoms with Gasteiger partial charge in [0.05, 0.1) is 23.1 Å². The molecule has 32 heavy (non-hydrogen) atoms. The van der Waals surface area contributed by atoms with Gasteiger partial charge in [-0.05, 0) is 24.1 Å². The Bertz CT molecular complexity index is 1080. The minimum Gasteiger partial charge on any atom is -0.391 e. The van der Waals surface area contributed by atoms with Crippen molar-refractivity contribution in [1.82, 2.24) is 19.6 Å². The van der Waals surface area contributed by atoms with Crippen molar-refractivity contribution in [3.63, 3.8) is 0 Å². The van der Waals surface area contributed by atoms with Gasteiger partial charge in [0, 0.05) is 58.1 Å². The van der Waals surface area contributed by atoms with Crippen molar-refractivity contribution in [2.24, 2.45) is 0 Å². The number of carbonyl (C=O) groups is 1. The van der Waals surface area contributed by atoms with E-state index in [1.165, 1.54) is 12.3 Å². The highest BCUT2D eigenvalue weighted by Crippen LogP contribution is 2.30. The molecule has 0 bridgehead atoms.